The average Bonchev–Trinajstić information content (AvgIpc) is 3.44. The Bertz CT molecular complexity index is 2740. The topological polar surface area (TPSA) is 22.2 Å². The van der Waals surface area contributed by atoms with Crippen LogP contribution in [-0.4, -0.2) is 9.55 Å². The van der Waals surface area contributed by atoms with Crippen molar-refractivity contribution < 1.29 is 0 Å². The highest BCUT2D eigenvalue weighted by atomic mass is 15.0. The standard InChI is InChI=1S/C42H23N3/c1-43-35-21-30-14-13-29-20-34(22-37-41(29)42(30)38(23-35)45(37)36-7-3-2-4-8-36)33-18-27-11-9-25-16-32(31-6-5-15-44-24-31)17-26-10-12-28(19-33)40(27)39(25)26/h2-24H. The second-order valence-electron chi connectivity index (χ2n) is 12.0. The van der Waals surface area contributed by atoms with Gasteiger partial charge in [-0.15, -0.1) is 0 Å². The van der Waals surface area contributed by atoms with Crippen LogP contribution >= 0.6 is 0 Å². The maximum Gasteiger partial charge on any atom is 0.189 e. The van der Waals surface area contributed by atoms with Crippen LogP contribution in [0.5, 0.6) is 0 Å². The summed E-state index contributed by atoms with van der Waals surface area (Å²) in [5, 5.41) is 12.4. The van der Waals surface area contributed by atoms with Crippen LogP contribution in [0.4, 0.5) is 5.69 Å². The van der Waals surface area contributed by atoms with E-state index >= 15 is 0 Å². The number of aromatic nitrogens is 2. The van der Waals surface area contributed by atoms with Crippen molar-refractivity contribution >= 4 is 70.6 Å². The number of hydrogen-bond donors (Lipinski definition) is 0. The molecule has 3 heteroatoms. The molecule has 0 N–H and O–H groups in total. The summed E-state index contributed by atoms with van der Waals surface area (Å²) in [5.74, 6) is 0. The lowest BCUT2D eigenvalue weighted by atomic mass is 9.89. The Kier molecular flexibility index (Phi) is 4.79. The second-order valence-corrected chi connectivity index (χ2v) is 12.0. The van der Waals surface area contributed by atoms with Crippen LogP contribution in [-0.2, 0) is 0 Å². The Hall–Kier alpha value is -6.24. The molecule has 0 unspecified atom stereocenters. The lowest BCUT2D eigenvalue weighted by Crippen LogP contribution is -1.93. The van der Waals surface area contributed by atoms with Gasteiger partial charge in [0.25, 0.3) is 0 Å². The fourth-order valence-electron chi connectivity index (χ4n) is 7.54. The quantitative estimate of drug-likeness (QED) is 0.153. The number of benzene rings is 8. The van der Waals surface area contributed by atoms with Crippen molar-refractivity contribution in [2.75, 3.05) is 0 Å². The second kappa shape index (κ2) is 8.89. The molecule has 0 radical (unpaired) electrons. The highest BCUT2D eigenvalue weighted by molar-refractivity contribution is 6.27. The van der Waals surface area contributed by atoms with Crippen molar-refractivity contribution in [1.29, 1.82) is 0 Å². The molecule has 0 aliphatic carbocycles. The average molecular weight is 570 g/mol. The molecule has 0 saturated carbocycles. The first-order chi connectivity index (χ1) is 22.2. The SMILES string of the molecule is [C-]#[N+]c1cc2ccc3cc(-c4cc5ccc6cc(-c7cccnc7)cc7ccc(c4)c5c67)cc4c3c2c(c1)n4-c1ccccc1. The zero-order chi connectivity index (χ0) is 29.6. The van der Waals surface area contributed by atoms with Crippen molar-refractivity contribution in [2.45, 2.75) is 0 Å². The minimum Gasteiger partial charge on any atom is -0.310 e. The van der Waals surface area contributed by atoms with E-state index in [0.29, 0.717) is 5.69 Å². The maximum absolute atomic E-state index is 7.75. The van der Waals surface area contributed by atoms with Gasteiger partial charge in [0.1, 0.15) is 0 Å². The Labute approximate surface area is 258 Å². The van der Waals surface area contributed by atoms with E-state index < -0.39 is 0 Å². The molecule has 206 valence electrons. The molecule has 0 amide bonds. The molecule has 0 spiro atoms. The van der Waals surface area contributed by atoms with Gasteiger partial charge in [0.15, 0.2) is 5.69 Å². The summed E-state index contributed by atoms with van der Waals surface area (Å²) in [6.07, 6.45) is 3.75. The minimum absolute atomic E-state index is 0.658. The molecule has 0 bridgehead atoms. The molecule has 10 rings (SSSR count). The van der Waals surface area contributed by atoms with Gasteiger partial charge < -0.3 is 4.57 Å². The molecule has 8 aromatic carbocycles. The van der Waals surface area contributed by atoms with Crippen LogP contribution in [0.3, 0.4) is 0 Å². The Morgan fingerprint density at radius 2 is 0.978 bits per heavy atom. The van der Waals surface area contributed by atoms with Gasteiger partial charge in [0.05, 0.1) is 12.1 Å². The van der Waals surface area contributed by atoms with Crippen molar-refractivity contribution in [2.24, 2.45) is 0 Å². The third-order valence-corrected chi connectivity index (χ3v) is 9.46. The zero-order valence-corrected chi connectivity index (χ0v) is 24.1. The zero-order valence-electron chi connectivity index (χ0n) is 24.1. The summed E-state index contributed by atoms with van der Waals surface area (Å²) < 4.78 is 2.33. The Morgan fingerprint density at radius 1 is 0.467 bits per heavy atom. The molecule has 3 nitrogen and oxygen atoms in total. The number of rotatable bonds is 3. The largest absolute Gasteiger partial charge is 0.310 e. The molecule has 0 saturated heterocycles. The first-order valence-corrected chi connectivity index (χ1v) is 15.1. The van der Waals surface area contributed by atoms with Crippen molar-refractivity contribution in [3.05, 3.63) is 151 Å². The highest BCUT2D eigenvalue weighted by Gasteiger charge is 2.19. The van der Waals surface area contributed by atoms with Crippen molar-refractivity contribution in [3.8, 4) is 27.9 Å². The molecular formula is C42H23N3. The van der Waals surface area contributed by atoms with E-state index in [0.717, 1.165) is 27.7 Å². The van der Waals surface area contributed by atoms with E-state index in [9.17, 15) is 0 Å². The summed E-state index contributed by atoms with van der Waals surface area (Å²) in [6, 6.07) is 46.0. The van der Waals surface area contributed by atoms with E-state index in [-0.39, 0.29) is 0 Å². The van der Waals surface area contributed by atoms with Crippen molar-refractivity contribution in [1.82, 2.24) is 9.55 Å². The van der Waals surface area contributed by atoms with Gasteiger partial charge in [-0.05, 0) is 127 Å². The number of nitrogens with zero attached hydrogens (tertiary/aromatic N) is 3. The van der Waals surface area contributed by atoms with E-state index in [1.165, 1.54) is 65.2 Å². The third kappa shape index (κ3) is 3.42. The normalized spacial score (nSPS) is 12.0. The van der Waals surface area contributed by atoms with Crippen LogP contribution in [0.1, 0.15) is 0 Å². The fourth-order valence-corrected chi connectivity index (χ4v) is 7.54. The molecular weight excluding hydrogens is 546 g/mol. The Balaban J connectivity index is 1.23. The van der Waals surface area contributed by atoms with Crippen LogP contribution in [0.15, 0.2) is 140 Å². The van der Waals surface area contributed by atoms with Crippen LogP contribution in [0.2, 0.25) is 0 Å². The lowest BCUT2D eigenvalue weighted by Gasteiger charge is -2.15. The third-order valence-electron chi connectivity index (χ3n) is 9.46. The van der Waals surface area contributed by atoms with Gasteiger partial charge in [-0.25, -0.2) is 4.85 Å². The fraction of sp³-hybridized carbons (Fsp3) is 0. The first kappa shape index (κ1) is 24.2. The summed E-state index contributed by atoms with van der Waals surface area (Å²) >= 11 is 0. The summed E-state index contributed by atoms with van der Waals surface area (Å²) in [5.41, 5.74) is 8.67. The number of hydrogen-bond acceptors (Lipinski definition) is 1. The van der Waals surface area contributed by atoms with Gasteiger partial charge in [-0.3, -0.25) is 4.98 Å². The van der Waals surface area contributed by atoms with Gasteiger partial charge >= 0.3 is 0 Å². The van der Waals surface area contributed by atoms with Crippen LogP contribution < -0.4 is 0 Å². The van der Waals surface area contributed by atoms with Gasteiger partial charge in [-0.2, -0.15) is 0 Å². The van der Waals surface area contributed by atoms with E-state index in [1.807, 2.05) is 36.7 Å². The first-order valence-electron chi connectivity index (χ1n) is 15.1. The van der Waals surface area contributed by atoms with Crippen LogP contribution in [0, 0.1) is 6.57 Å². The molecule has 0 fully saturated rings. The maximum atomic E-state index is 7.75. The molecule has 10 aromatic rings. The molecule has 0 aliphatic rings. The van der Waals surface area contributed by atoms with Gasteiger partial charge in [0, 0.05) is 39.9 Å². The van der Waals surface area contributed by atoms with E-state index in [2.05, 4.69) is 118 Å². The minimum atomic E-state index is 0.658. The number of para-hydroxylation sites is 1. The monoisotopic (exact) mass is 569 g/mol. The predicted molar refractivity (Wildman–Crippen MR) is 188 cm³/mol. The summed E-state index contributed by atoms with van der Waals surface area (Å²) in [7, 11) is 0. The smallest absolute Gasteiger partial charge is 0.189 e. The van der Waals surface area contributed by atoms with E-state index in [4.69, 9.17) is 6.57 Å². The predicted octanol–water partition coefficient (Wildman–Crippen LogP) is 11.6. The summed E-state index contributed by atoms with van der Waals surface area (Å²) in [4.78, 5) is 8.15. The molecule has 45 heavy (non-hydrogen) atoms. The lowest BCUT2D eigenvalue weighted by molar-refractivity contribution is 1.18. The molecule has 2 aromatic heterocycles. The van der Waals surface area contributed by atoms with Gasteiger partial charge in [0.2, 0.25) is 0 Å². The molecule has 0 atom stereocenters. The number of pyridine rings is 1. The molecule has 2 heterocycles. The van der Waals surface area contributed by atoms with Gasteiger partial charge in [-0.1, -0.05) is 60.7 Å². The highest BCUT2D eigenvalue weighted by Crippen LogP contribution is 2.44. The Morgan fingerprint density at radius 3 is 1.53 bits per heavy atom. The summed E-state index contributed by atoms with van der Waals surface area (Å²) in [6.45, 7) is 7.75. The molecule has 0 aliphatic heterocycles. The van der Waals surface area contributed by atoms with Crippen molar-refractivity contribution in [3.63, 3.8) is 0 Å². The van der Waals surface area contributed by atoms with E-state index in [1.54, 1.807) is 0 Å². The van der Waals surface area contributed by atoms with Crippen LogP contribution in [0.25, 0.3) is 97.7 Å².